The molecule has 8 nitrogen and oxygen atoms in total. The molecule has 1 atom stereocenters. The van der Waals surface area contributed by atoms with Gasteiger partial charge in [0, 0.05) is 20.6 Å². The first-order valence-corrected chi connectivity index (χ1v) is 9.44. The zero-order valence-electron chi connectivity index (χ0n) is 16.6. The third-order valence-electron chi connectivity index (χ3n) is 5.45. The largest absolute Gasteiger partial charge is 0.332 e. The summed E-state index contributed by atoms with van der Waals surface area (Å²) >= 11 is 0. The molecule has 1 aliphatic rings. The number of aromatic nitrogens is 4. The van der Waals surface area contributed by atoms with Crippen LogP contribution in [-0.4, -0.2) is 30.9 Å². The van der Waals surface area contributed by atoms with E-state index in [0.717, 1.165) is 23.1 Å². The Morgan fingerprint density at radius 1 is 1.07 bits per heavy atom. The Bertz CT molecular complexity index is 1190. The van der Waals surface area contributed by atoms with E-state index < -0.39 is 0 Å². The van der Waals surface area contributed by atoms with E-state index in [4.69, 9.17) is 5.10 Å². The first kappa shape index (κ1) is 18.2. The number of fused-ring (bicyclic) bond motifs is 3. The van der Waals surface area contributed by atoms with Crippen molar-refractivity contribution >= 4 is 22.8 Å². The Morgan fingerprint density at radius 2 is 1.79 bits per heavy atom. The molecule has 2 aromatic heterocycles. The van der Waals surface area contributed by atoms with Crippen molar-refractivity contribution in [2.45, 2.75) is 32.7 Å². The molecule has 1 unspecified atom stereocenters. The molecule has 0 saturated heterocycles. The lowest BCUT2D eigenvalue weighted by molar-refractivity contribution is 0.623. The molecule has 3 aromatic rings. The van der Waals surface area contributed by atoms with Gasteiger partial charge >= 0.3 is 5.69 Å². The Morgan fingerprint density at radius 3 is 2.50 bits per heavy atom. The predicted octanol–water partition coefficient (Wildman–Crippen LogP) is 1.82. The molecule has 0 N–H and O–H groups in total. The normalized spacial score (nSPS) is 16.4. The number of hydrogen-bond donors (Lipinski definition) is 0. The average Bonchev–Trinajstić information content (AvgIpc) is 3.10. The van der Waals surface area contributed by atoms with E-state index in [1.54, 1.807) is 7.05 Å². The van der Waals surface area contributed by atoms with Crippen molar-refractivity contribution in [1.82, 2.24) is 18.7 Å². The molecule has 0 saturated carbocycles. The summed E-state index contributed by atoms with van der Waals surface area (Å²) in [5, 5.41) is 6.56. The van der Waals surface area contributed by atoms with Crippen molar-refractivity contribution < 1.29 is 0 Å². The zero-order valence-corrected chi connectivity index (χ0v) is 16.6. The van der Waals surface area contributed by atoms with E-state index in [9.17, 15) is 9.59 Å². The fraction of sp³-hybridized carbons (Fsp3) is 0.400. The first-order chi connectivity index (χ1) is 13.4. The van der Waals surface area contributed by atoms with Crippen molar-refractivity contribution in [1.29, 1.82) is 0 Å². The van der Waals surface area contributed by atoms with Gasteiger partial charge in [0.1, 0.15) is 0 Å². The molecule has 0 amide bonds. The van der Waals surface area contributed by atoms with Crippen molar-refractivity contribution in [3.63, 3.8) is 0 Å². The summed E-state index contributed by atoms with van der Waals surface area (Å²) in [6.07, 6.45) is 1.83. The van der Waals surface area contributed by atoms with Gasteiger partial charge in [0.2, 0.25) is 5.95 Å². The van der Waals surface area contributed by atoms with Gasteiger partial charge in [-0.05, 0) is 32.3 Å². The molecule has 1 aromatic carbocycles. The fourth-order valence-corrected chi connectivity index (χ4v) is 3.69. The molecule has 146 valence electrons. The van der Waals surface area contributed by atoms with Crippen LogP contribution in [0.4, 0.5) is 5.95 Å². The zero-order chi connectivity index (χ0) is 20.0. The van der Waals surface area contributed by atoms with Gasteiger partial charge in [0.15, 0.2) is 11.2 Å². The summed E-state index contributed by atoms with van der Waals surface area (Å²) in [5.41, 5.74) is 2.31. The number of nitrogens with zero attached hydrogens (tertiary/aromatic N) is 6. The van der Waals surface area contributed by atoms with Gasteiger partial charge in [-0.1, -0.05) is 30.3 Å². The van der Waals surface area contributed by atoms with Crippen LogP contribution in [0.3, 0.4) is 0 Å². The van der Waals surface area contributed by atoms with Gasteiger partial charge < -0.3 is 0 Å². The number of rotatable bonds is 4. The van der Waals surface area contributed by atoms with Crippen LogP contribution in [0.5, 0.6) is 0 Å². The number of anilines is 1. The maximum Gasteiger partial charge on any atom is 0.332 e. The van der Waals surface area contributed by atoms with Crippen LogP contribution in [0.25, 0.3) is 11.2 Å². The molecule has 0 fully saturated rings. The first-order valence-electron chi connectivity index (χ1n) is 9.44. The number of hydrazone groups is 1. The van der Waals surface area contributed by atoms with E-state index in [1.165, 1.54) is 17.2 Å². The Balaban J connectivity index is 1.75. The molecule has 0 bridgehead atoms. The van der Waals surface area contributed by atoms with Gasteiger partial charge in [0.25, 0.3) is 5.56 Å². The van der Waals surface area contributed by atoms with Gasteiger partial charge in [0.05, 0.1) is 11.8 Å². The lowest BCUT2D eigenvalue weighted by Gasteiger charge is -2.29. The van der Waals surface area contributed by atoms with Gasteiger partial charge in [-0.3, -0.25) is 18.5 Å². The second kappa shape index (κ2) is 6.78. The third kappa shape index (κ3) is 2.76. The van der Waals surface area contributed by atoms with Crippen molar-refractivity contribution in [3.8, 4) is 0 Å². The maximum atomic E-state index is 12.8. The highest BCUT2D eigenvalue weighted by Gasteiger charge is 2.30. The molecule has 8 heteroatoms. The minimum Gasteiger partial charge on any atom is -0.294 e. The summed E-state index contributed by atoms with van der Waals surface area (Å²) in [6.45, 7) is 4.63. The third-order valence-corrected chi connectivity index (χ3v) is 5.45. The minimum absolute atomic E-state index is 0.101. The van der Waals surface area contributed by atoms with Crippen LogP contribution in [0.1, 0.15) is 31.9 Å². The molecule has 28 heavy (non-hydrogen) atoms. The van der Waals surface area contributed by atoms with Crippen LogP contribution < -0.4 is 16.3 Å². The lowest BCUT2D eigenvalue weighted by atomic mass is 10.1. The smallest absolute Gasteiger partial charge is 0.294 e. The highest BCUT2D eigenvalue weighted by molar-refractivity contribution is 5.91. The monoisotopic (exact) mass is 380 g/mol. The second-order valence-corrected chi connectivity index (χ2v) is 7.29. The van der Waals surface area contributed by atoms with Crippen molar-refractivity contribution in [2.24, 2.45) is 19.2 Å². The topological polar surface area (TPSA) is 77.4 Å². The number of aryl methyl sites for hydroxylation is 2. The Labute approximate surface area is 162 Å². The molecule has 3 heterocycles. The molecule has 1 aliphatic heterocycles. The summed E-state index contributed by atoms with van der Waals surface area (Å²) in [5.74, 6) is 0.611. The SMILES string of the molecule is CC1=NN(CCCc2ccccc2)c2nc3c(c(=O)n(C)c(=O)n3C)n2C1C. The quantitative estimate of drug-likeness (QED) is 0.692. The van der Waals surface area contributed by atoms with E-state index in [0.29, 0.717) is 23.7 Å². The summed E-state index contributed by atoms with van der Waals surface area (Å²) in [6, 6.07) is 10.2. The highest BCUT2D eigenvalue weighted by atomic mass is 16.2. The van der Waals surface area contributed by atoms with Crippen molar-refractivity contribution in [3.05, 3.63) is 56.7 Å². The van der Waals surface area contributed by atoms with Crippen LogP contribution in [-0.2, 0) is 20.5 Å². The molecule has 4 rings (SSSR count). The van der Waals surface area contributed by atoms with Gasteiger partial charge in [-0.2, -0.15) is 10.1 Å². The molecule has 0 radical (unpaired) electrons. The summed E-state index contributed by atoms with van der Waals surface area (Å²) in [7, 11) is 3.14. The second-order valence-electron chi connectivity index (χ2n) is 7.29. The minimum atomic E-state index is -0.381. The van der Waals surface area contributed by atoms with E-state index in [-0.39, 0.29) is 17.3 Å². The lowest BCUT2D eigenvalue weighted by Crippen LogP contribution is -2.38. The summed E-state index contributed by atoms with van der Waals surface area (Å²) < 4.78 is 4.46. The highest BCUT2D eigenvalue weighted by Crippen LogP contribution is 2.29. The number of benzene rings is 1. The van der Waals surface area contributed by atoms with E-state index in [2.05, 4.69) is 17.1 Å². The number of imidazole rings is 1. The molecule has 0 spiro atoms. The average molecular weight is 380 g/mol. The van der Waals surface area contributed by atoms with Crippen LogP contribution in [0, 0.1) is 0 Å². The summed E-state index contributed by atoms with van der Waals surface area (Å²) in [4.78, 5) is 29.8. The Kier molecular flexibility index (Phi) is 4.41. The Hall–Kier alpha value is -3.16. The van der Waals surface area contributed by atoms with E-state index >= 15 is 0 Å². The van der Waals surface area contributed by atoms with Gasteiger partial charge in [-0.15, -0.1) is 0 Å². The maximum absolute atomic E-state index is 12.8. The van der Waals surface area contributed by atoms with Crippen molar-refractivity contribution in [2.75, 3.05) is 11.6 Å². The van der Waals surface area contributed by atoms with Crippen LogP contribution in [0.2, 0.25) is 0 Å². The van der Waals surface area contributed by atoms with Crippen LogP contribution in [0.15, 0.2) is 45.0 Å². The standard InChI is InChI=1S/C20H24N6O2/c1-13-14(2)26-16-17(23(3)20(28)24(4)18(16)27)21-19(26)25(22-13)12-8-11-15-9-6-5-7-10-15/h5-7,9-10,14H,8,11-12H2,1-4H3. The predicted molar refractivity (Wildman–Crippen MR) is 110 cm³/mol. The molecule has 0 aliphatic carbocycles. The fourth-order valence-electron chi connectivity index (χ4n) is 3.69. The van der Waals surface area contributed by atoms with E-state index in [1.807, 2.05) is 41.6 Å². The molecular weight excluding hydrogens is 356 g/mol. The number of hydrogen-bond acceptors (Lipinski definition) is 5. The molecular formula is C20H24N6O2. The van der Waals surface area contributed by atoms with Crippen LogP contribution >= 0.6 is 0 Å². The van der Waals surface area contributed by atoms with Gasteiger partial charge in [-0.25, -0.2) is 9.80 Å².